The molecule has 0 aromatic heterocycles. The maximum absolute atomic E-state index is 12.6. The van der Waals surface area contributed by atoms with Crippen molar-refractivity contribution in [3.05, 3.63) is 29.8 Å². The quantitative estimate of drug-likeness (QED) is 0.819. The predicted octanol–water partition coefficient (Wildman–Crippen LogP) is 3.06. The fraction of sp³-hybridized carbons (Fsp3) is 0.500. The van der Waals surface area contributed by atoms with Crippen molar-refractivity contribution in [3.63, 3.8) is 0 Å². The molecule has 0 saturated carbocycles. The van der Waals surface area contributed by atoms with E-state index in [-0.39, 0.29) is 0 Å². The molecule has 1 aromatic carbocycles. The number of benzene rings is 1. The number of rotatable bonds is 2. The van der Waals surface area contributed by atoms with Gasteiger partial charge < -0.3 is 14.2 Å². The Morgan fingerprint density at radius 3 is 2.17 bits per heavy atom. The Labute approximate surface area is 102 Å². The fourth-order valence-corrected chi connectivity index (χ4v) is 1.80. The van der Waals surface area contributed by atoms with Gasteiger partial charge in [0.1, 0.15) is 5.75 Å². The topological polar surface area (TPSA) is 27.7 Å². The molecule has 0 spiro atoms. The van der Waals surface area contributed by atoms with Crippen molar-refractivity contribution in [1.82, 2.24) is 0 Å². The normalized spacial score (nSPS) is 28.4. The molecule has 0 unspecified atom stereocenters. The molecule has 0 amide bonds. The minimum atomic E-state index is -4.42. The van der Waals surface area contributed by atoms with Crippen LogP contribution in [-0.2, 0) is 9.47 Å². The highest BCUT2D eigenvalue weighted by molar-refractivity contribution is 5.28. The maximum Gasteiger partial charge on any atom is 0.417 e. The highest BCUT2D eigenvalue weighted by Crippen LogP contribution is 2.39. The molecule has 2 rings (SSSR count). The highest BCUT2D eigenvalue weighted by atomic mass is 19.4. The third-order valence-corrected chi connectivity index (χ3v) is 2.75. The Kier molecular flexibility index (Phi) is 3.49. The Balaban J connectivity index is 2.11. The molecule has 100 valence electrons. The van der Waals surface area contributed by atoms with Gasteiger partial charge in [0, 0.05) is 5.56 Å². The molecule has 18 heavy (non-hydrogen) atoms. The van der Waals surface area contributed by atoms with Gasteiger partial charge in [0.15, 0.2) is 12.4 Å². The molecule has 0 aliphatic carbocycles. The van der Waals surface area contributed by atoms with Crippen LogP contribution >= 0.6 is 0 Å². The first kappa shape index (κ1) is 13.2. The van der Waals surface area contributed by atoms with Gasteiger partial charge in [-0.3, -0.25) is 0 Å². The van der Waals surface area contributed by atoms with Gasteiger partial charge >= 0.3 is 6.18 Å². The van der Waals surface area contributed by atoms with Crippen LogP contribution in [0.25, 0.3) is 0 Å². The molecule has 0 bridgehead atoms. The van der Waals surface area contributed by atoms with E-state index in [2.05, 4.69) is 0 Å². The summed E-state index contributed by atoms with van der Waals surface area (Å²) in [4.78, 5) is 0. The molecule has 6 heteroatoms. The van der Waals surface area contributed by atoms with Crippen LogP contribution in [0.4, 0.5) is 13.2 Å². The van der Waals surface area contributed by atoms with Crippen molar-refractivity contribution in [3.8, 4) is 5.75 Å². The van der Waals surface area contributed by atoms with E-state index in [0.29, 0.717) is 11.3 Å². The number of ether oxygens (including phenoxy) is 3. The largest absolute Gasteiger partial charge is 0.497 e. The average molecular weight is 262 g/mol. The van der Waals surface area contributed by atoms with Crippen LogP contribution in [0, 0.1) is 0 Å². The van der Waals surface area contributed by atoms with E-state index in [4.69, 9.17) is 14.2 Å². The van der Waals surface area contributed by atoms with Crippen LogP contribution in [0.15, 0.2) is 24.3 Å². The van der Waals surface area contributed by atoms with Crippen molar-refractivity contribution in [2.45, 2.75) is 31.6 Å². The third-order valence-electron chi connectivity index (χ3n) is 2.75. The number of halogens is 3. The second-order valence-corrected chi connectivity index (χ2v) is 4.04. The van der Waals surface area contributed by atoms with Gasteiger partial charge in [-0.25, -0.2) is 0 Å². The zero-order valence-corrected chi connectivity index (χ0v) is 9.90. The molecule has 1 aliphatic rings. The van der Waals surface area contributed by atoms with Gasteiger partial charge in [-0.05, 0) is 19.1 Å². The monoisotopic (exact) mass is 262 g/mol. The summed E-state index contributed by atoms with van der Waals surface area (Å²) in [7, 11) is 1.51. The average Bonchev–Trinajstić information content (AvgIpc) is 2.71. The summed E-state index contributed by atoms with van der Waals surface area (Å²) in [6.45, 7) is 1.35. The van der Waals surface area contributed by atoms with Gasteiger partial charge in [0.25, 0.3) is 0 Å². The number of hydrogen-bond acceptors (Lipinski definition) is 3. The summed E-state index contributed by atoms with van der Waals surface area (Å²) in [5.41, 5.74) is 0.536. The summed E-state index contributed by atoms with van der Waals surface area (Å²) in [5.74, 6) is 0.622. The third kappa shape index (κ3) is 2.59. The maximum atomic E-state index is 12.6. The molecule has 0 N–H and O–H groups in total. The summed E-state index contributed by atoms with van der Waals surface area (Å²) < 4.78 is 52.8. The van der Waals surface area contributed by atoms with Crippen LogP contribution in [0.2, 0.25) is 0 Å². The van der Waals surface area contributed by atoms with Crippen LogP contribution in [0.5, 0.6) is 5.75 Å². The van der Waals surface area contributed by atoms with Gasteiger partial charge in [0.05, 0.1) is 13.2 Å². The van der Waals surface area contributed by atoms with Crippen LogP contribution in [0.1, 0.15) is 18.8 Å². The SMILES string of the molecule is COc1ccc([C@@H]2O[C@@H](C)[C@@H](C(F)(F)F)O2)cc1. The highest BCUT2D eigenvalue weighted by Gasteiger charge is 2.51. The molecular formula is C12H13F3O3. The summed E-state index contributed by atoms with van der Waals surface area (Å²) in [6, 6.07) is 6.53. The molecule has 1 aliphatic heterocycles. The summed E-state index contributed by atoms with van der Waals surface area (Å²) in [5, 5.41) is 0. The minimum absolute atomic E-state index is 0.536. The lowest BCUT2D eigenvalue weighted by Crippen LogP contribution is -2.35. The minimum Gasteiger partial charge on any atom is -0.497 e. The first-order valence-corrected chi connectivity index (χ1v) is 5.43. The van der Waals surface area contributed by atoms with E-state index < -0.39 is 24.7 Å². The Bertz CT molecular complexity index is 402. The van der Waals surface area contributed by atoms with Crippen LogP contribution < -0.4 is 4.74 Å². The van der Waals surface area contributed by atoms with E-state index >= 15 is 0 Å². The molecule has 0 radical (unpaired) electrons. The lowest BCUT2D eigenvalue weighted by molar-refractivity contribution is -0.218. The van der Waals surface area contributed by atoms with Crippen molar-refractivity contribution < 1.29 is 27.4 Å². The number of methoxy groups -OCH3 is 1. The Morgan fingerprint density at radius 1 is 1.11 bits per heavy atom. The van der Waals surface area contributed by atoms with E-state index in [9.17, 15) is 13.2 Å². The standard InChI is InChI=1S/C12H13F3O3/c1-7-10(12(13,14)15)18-11(17-7)8-3-5-9(16-2)6-4-8/h3-7,10-11H,1-2H3/t7-,10-,11+/m0/s1. The Hall–Kier alpha value is -1.27. The van der Waals surface area contributed by atoms with Gasteiger partial charge in [0.2, 0.25) is 0 Å². The van der Waals surface area contributed by atoms with Gasteiger partial charge in [-0.2, -0.15) is 13.2 Å². The summed E-state index contributed by atoms with van der Waals surface area (Å²) >= 11 is 0. The molecule has 1 aromatic rings. The van der Waals surface area contributed by atoms with Crippen molar-refractivity contribution in [2.24, 2.45) is 0 Å². The number of alkyl halides is 3. The van der Waals surface area contributed by atoms with Crippen LogP contribution in [0.3, 0.4) is 0 Å². The lowest BCUT2D eigenvalue weighted by Gasteiger charge is -2.16. The van der Waals surface area contributed by atoms with E-state index in [1.165, 1.54) is 14.0 Å². The number of hydrogen-bond donors (Lipinski definition) is 0. The van der Waals surface area contributed by atoms with Gasteiger partial charge in [-0.15, -0.1) is 0 Å². The fourth-order valence-electron chi connectivity index (χ4n) is 1.80. The van der Waals surface area contributed by atoms with Gasteiger partial charge in [-0.1, -0.05) is 12.1 Å². The second kappa shape index (κ2) is 4.78. The molecule has 3 nitrogen and oxygen atoms in total. The smallest absolute Gasteiger partial charge is 0.417 e. The zero-order valence-electron chi connectivity index (χ0n) is 9.90. The van der Waals surface area contributed by atoms with Crippen molar-refractivity contribution in [1.29, 1.82) is 0 Å². The van der Waals surface area contributed by atoms with E-state index in [0.717, 1.165) is 0 Å². The molecule has 1 heterocycles. The first-order valence-electron chi connectivity index (χ1n) is 5.43. The molecular weight excluding hydrogens is 249 g/mol. The van der Waals surface area contributed by atoms with E-state index in [1.54, 1.807) is 24.3 Å². The zero-order chi connectivity index (χ0) is 13.3. The van der Waals surface area contributed by atoms with Crippen molar-refractivity contribution >= 4 is 0 Å². The van der Waals surface area contributed by atoms with Crippen LogP contribution in [-0.4, -0.2) is 25.5 Å². The first-order chi connectivity index (χ1) is 8.41. The molecule has 1 saturated heterocycles. The lowest BCUT2D eigenvalue weighted by atomic mass is 10.2. The Morgan fingerprint density at radius 2 is 1.72 bits per heavy atom. The summed E-state index contributed by atoms with van der Waals surface area (Å²) in [6.07, 6.45) is -8.31. The second-order valence-electron chi connectivity index (χ2n) is 4.04. The van der Waals surface area contributed by atoms with E-state index in [1.807, 2.05) is 0 Å². The molecule has 3 atom stereocenters. The predicted molar refractivity (Wildman–Crippen MR) is 57.2 cm³/mol. The molecule has 1 fully saturated rings. The van der Waals surface area contributed by atoms with Crippen molar-refractivity contribution in [2.75, 3.05) is 7.11 Å².